The van der Waals surface area contributed by atoms with Gasteiger partial charge in [0.05, 0.1) is 34.8 Å². The Morgan fingerprint density at radius 2 is 1.73 bits per heavy atom. The van der Waals surface area contributed by atoms with E-state index in [9.17, 15) is 13.0 Å². The molecule has 3 rings (SSSR count). The third kappa shape index (κ3) is 5.64. The van der Waals surface area contributed by atoms with Crippen LogP contribution in [0, 0.1) is 0 Å². The van der Waals surface area contributed by atoms with E-state index in [1.807, 2.05) is 0 Å². The van der Waals surface area contributed by atoms with Gasteiger partial charge in [-0.15, -0.1) is 0 Å². The van der Waals surface area contributed by atoms with Crippen molar-refractivity contribution < 1.29 is 21.6 Å². The van der Waals surface area contributed by atoms with Gasteiger partial charge in [0.1, 0.15) is 0 Å². The molecular weight excluding hydrogens is 350 g/mol. The first-order chi connectivity index (χ1) is 12.1. The number of benzene rings is 1. The van der Waals surface area contributed by atoms with Gasteiger partial charge in [0, 0.05) is 11.8 Å². The fourth-order valence-corrected chi connectivity index (χ4v) is 4.06. The van der Waals surface area contributed by atoms with Gasteiger partial charge in [-0.05, 0) is 36.0 Å². The molecule has 0 aliphatic heterocycles. The summed E-state index contributed by atoms with van der Waals surface area (Å²) in [5.41, 5.74) is 5.20. The zero-order valence-corrected chi connectivity index (χ0v) is 17.1. The Morgan fingerprint density at radius 3 is 2.27 bits per heavy atom. The third-order valence-corrected chi connectivity index (χ3v) is 5.64. The number of hydrogen-bond acceptors (Lipinski definition) is 4. The summed E-state index contributed by atoms with van der Waals surface area (Å²) in [6, 6.07) is 9.16. The first-order valence-electron chi connectivity index (χ1n) is 9.20. The standard InChI is InChI=1S/C19H28N.CH4O4S/c1-20(2,3)14-8-9-16-15-19(12-6-7-13-19)18-11-5-4-10-17(16)18;1-5-6(2,3)4/h4-5,10-11,15H,6-9,12-14H2,1-3H3;1H3,(H,2,3,4)/q+1;/p-1. The second-order valence-electron chi connectivity index (χ2n) is 8.27. The first-order valence-corrected chi connectivity index (χ1v) is 10.5. The fourth-order valence-electron chi connectivity index (χ4n) is 4.06. The topological polar surface area (TPSA) is 66.4 Å². The summed E-state index contributed by atoms with van der Waals surface area (Å²) in [6.07, 6.45) is 10.7. The average Bonchev–Trinajstić information content (AvgIpc) is 3.14. The molecule has 2 aliphatic rings. The third-order valence-electron chi connectivity index (χ3n) is 5.23. The van der Waals surface area contributed by atoms with E-state index in [2.05, 4.69) is 55.7 Å². The highest BCUT2D eigenvalue weighted by Crippen LogP contribution is 2.51. The van der Waals surface area contributed by atoms with Crippen LogP contribution in [0.15, 0.2) is 30.3 Å². The lowest BCUT2D eigenvalue weighted by Crippen LogP contribution is -2.35. The molecule has 1 aromatic carbocycles. The van der Waals surface area contributed by atoms with E-state index < -0.39 is 10.4 Å². The van der Waals surface area contributed by atoms with E-state index in [1.165, 1.54) is 45.1 Å². The molecule has 0 amide bonds. The van der Waals surface area contributed by atoms with Crippen LogP contribution >= 0.6 is 0 Å². The van der Waals surface area contributed by atoms with Crippen molar-refractivity contribution in [3.05, 3.63) is 41.5 Å². The van der Waals surface area contributed by atoms with Crippen LogP contribution in [0.5, 0.6) is 0 Å². The van der Waals surface area contributed by atoms with Gasteiger partial charge in [-0.1, -0.05) is 43.2 Å². The second kappa shape index (κ2) is 8.21. The van der Waals surface area contributed by atoms with Gasteiger partial charge in [-0.3, -0.25) is 4.18 Å². The van der Waals surface area contributed by atoms with Crippen LogP contribution in [0.1, 0.15) is 49.7 Å². The molecule has 5 nitrogen and oxygen atoms in total. The normalized spacial score (nSPS) is 18.3. The van der Waals surface area contributed by atoms with Crippen molar-refractivity contribution in [3.63, 3.8) is 0 Å². The second-order valence-corrected chi connectivity index (χ2v) is 9.42. The monoisotopic (exact) mass is 381 g/mol. The Hall–Kier alpha value is -1.21. The van der Waals surface area contributed by atoms with E-state index in [0.29, 0.717) is 5.41 Å². The fraction of sp³-hybridized carbons (Fsp3) is 0.600. The minimum absolute atomic E-state index is 0.405. The largest absolute Gasteiger partial charge is 0.726 e. The average molecular weight is 382 g/mol. The summed E-state index contributed by atoms with van der Waals surface area (Å²) in [5, 5.41) is 0. The molecule has 0 saturated heterocycles. The summed E-state index contributed by atoms with van der Waals surface area (Å²) in [7, 11) is 3.26. The van der Waals surface area contributed by atoms with E-state index in [4.69, 9.17) is 0 Å². The number of fused-ring (bicyclic) bond motifs is 2. The summed E-state index contributed by atoms with van der Waals surface area (Å²) in [4.78, 5) is 0. The maximum Gasteiger partial charge on any atom is 0.217 e. The zero-order chi connectivity index (χ0) is 19.4. The van der Waals surface area contributed by atoms with E-state index >= 15 is 0 Å². The van der Waals surface area contributed by atoms with Crippen LogP contribution in [0.3, 0.4) is 0 Å². The summed E-state index contributed by atoms with van der Waals surface area (Å²) >= 11 is 0. The van der Waals surface area contributed by atoms with Gasteiger partial charge in [-0.2, -0.15) is 0 Å². The minimum Gasteiger partial charge on any atom is -0.726 e. The van der Waals surface area contributed by atoms with E-state index in [0.717, 1.165) is 11.6 Å². The molecule has 0 N–H and O–H groups in total. The first kappa shape index (κ1) is 21.1. The van der Waals surface area contributed by atoms with Crippen molar-refractivity contribution in [2.24, 2.45) is 0 Å². The highest BCUT2D eigenvalue weighted by molar-refractivity contribution is 7.80. The molecule has 0 bridgehead atoms. The molecule has 0 radical (unpaired) electrons. The molecule has 0 heterocycles. The quantitative estimate of drug-likeness (QED) is 0.445. The lowest BCUT2D eigenvalue weighted by Gasteiger charge is -2.23. The lowest BCUT2D eigenvalue weighted by molar-refractivity contribution is -0.870. The van der Waals surface area contributed by atoms with Gasteiger partial charge < -0.3 is 9.04 Å². The molecule has 0 atom stereocenters. The molecule has 6 heteroatoms. The summed E-state index contributed by atoms with van der Waals surface area (Å²) in [5.74, 6) is 0. The van der Waals surface area contributed by atoms with Crippen LogP contribution in [0.4, 0.5) is 0 Å². The Morgan fingerprint density at radius 1 is 1.15 bits per heavy atom. The number of hydrogen-bond donors (Lipinski definition) is 0. The minimum atomic E-state index is -4.41. The number of quaternary nitrogens is 1. The summed E-state index contributed by atoms with van der Waals surface area (Å²) < 4.78 is 32.1. The Kier molecular flexibility index (Phi) is 6.66. The number of nitrogens with zero attached hydrogens (tertiary/aromatic N) is 1. The van der Waals surface area contributed by atoms with Crippen molar-refractivity contribution in [2.45, 2.75) is 43.9 Å². The van der Waals surface area contributed by atoms with Crippen molar-refractivity contribution >= 4 is 16.0 Å². The molecule has 1 fully saturated rings. The maximum absolute atomic E-state index is 9.22. The smallest absolute Gasteiger partial charge is 0.217 e. The van der Waals surface area contributed by atoms with E-state index in [-0.39, 0.29) is 0 Å². The van der Waals surface area contributed by atoms with Crippen molar-refractivity contribution in [2.75, 3.05) is 34.8 Å². The molecule has 0 unspecified atom stereocenters. The molecule has 1 aromatic rings. The molecule has 1 spiro atoms. The predicted octanol–water partition coefficient (Wildman–Crippen LogP) is 3.47. The predicted molar refractivity (Wildman–Crippen MR) is 103 cm³/mol. The van der Waals surface area contributed by atoms with Gasteiger partial charge in [-0.25, -0.2) is 8.42 Å². The van der Waals surface area contributed by atoms with Crippen molar-refractivity contribution in [1.29, 1.82) is 0 Å². The molecular formula is C20H31NO4S. The van der Waals surface area contributed by atoms with Crippen LogP contribution in [0.2, 0.25) is 0 Å². The zero-order valence-electron chi connectivity index (χ0n) is 16.3. The Bertz CT molecular complexity index is 741. The highest BCUT2D eigenvalue weighted by atomic mass is 32.3. The molecule has 0 aromatic heterocycles. The Balaban J connectivity index is 0.000000352. The van der Waals surface area contributed by atoms with Gasteiger partial charge in [0.15, 0.2) is 0 Å². The number of rotatable bonds is 5. The van der Waals surface area contributed by atoms with Crippen molar-refractivity contribution in [3.8, 4) is 0 Å². The molecule has 2 aliphatic carbocycles. The van der Waals surface area contributed by atoms with Crippen LogP contribution < -0.4 is 0 Å². The molecule has 146 valence electrons. The van der Waals surface area contributed by atoms with Gasteiger partial charge >= 0.3 is 0 Å². The molecule has 26 heavy (non-hydrogen) atoms. The van der Waals surface area contributed by atoms with Crippen LogP contribution in [-0.2, 0) is 20.0 Å². The number of allylic oxidation sites excluding steroid dienone is 2. The maximum atomic E-state index is 9.22. The van der Waals surface area contributed by atoms with Crippen LogP contribution in [-0.4, -0.2) is 52.3 Å². The van der Waals surface area contributed by atoms with Gasteiger partial charge in [0.25, 0.3) is 0 Å². The van der Waals surface area contributed by atoms with E-state index in [1.54, 1.807) is 16.7 Å². The van der Waals surface area contributed by atoms with Gasteiger partial charge in [0.2, 0.25) is 10.4 Å². The van der Waals surface area contributed by atoms with Crippen molar-refractivity contribution in [1.82, 2.24) is 0 Å². The summed E-state index contributed by atoms with van der Waals surface area (Å²) in [6.45, 7) is 1.26. The Labute approximate surface area is 158 Å². The lowest BCUT2D eigenvalue weighted by atomic mass is 9.81. The highest BCUT2D eigenvalue weighted by Gasteiger charge is 2.39. The van der Waals surface area contributed by atoms with Crippen LogP contribution in [0.25, 0.3) is 5.57 Å². The molecule has 1 saturated carbocycles. The SMILES string of the molecule is COS(=O)(=O)[O-].C[N+](C)(C)CCCC1=CC2(CCCC2)c2ccccc21.